The van der Waals surface area contributed by atoms with Crippen molar-refractivity contribution in [3.63, 3.8) is 0 Å². The van der Waals surface area contributed by atoms with Gasteiger partial charge in [-0.25, -0.2) is 12.8 Å². The number of carbonyl (C=O) groups excluding carboxylic acids is 1. The number of nitrogens with one attached hydrogen (secondary N) is 1. The number of carbonyl (C=O) groups is 1. The maximum absolute atomic E-state index is 13.7. The molecule has 5 nitrogen and oxygen atoms in total. The number of aryl methyl sites for hydroxylation is 1. The first-order chi connectivity index (χ1) is 11.6. The Kier molecular flexibility index (Phi) is 6.21. The van der Waals surface area contributed by atoms with E-state index in [0.29, 0.717) is 24.3 Å². The van der Waals surface area contributed by atoms with Gasteiger partial charge in [0.05, 0.1) is 4.90 Å². The predicted octanol–water partition coefficient (Wildman–Crippen LogP) is 2.70. The van der Waals surface area contributed by atoms with Crippen molar-refractivity contribution in [3.05, 3.63) is 29.6 Å². The van der Waals surface area contributed by atoms with Crippen LogP contribution in [0.4, 0.5) is 4.39 Å². The summed E-state index contributed by atoms with van der Waals surface area (Å²) in [4.78, 5) is 12.3. The summed E-state index contributed by atoms with van der Waals surface area (Å²) in [6.07, 6.45) is 0.953. The highest BCUT2D eigenvalue weighted by atomic mass is 32.2. The Balaban J connectivity index is 2.01. The van der Waals surface area contributed by atoms with Gasteiger partial charge in [-0.05, 0) is 50.3 Å². The zero-order valence-electron chi connectivity index (χ0n) is 15.3. The number of benzene rings is 1. The van der Waals surface area contributed by atoms with E-state index in [1.807, 2.05) is 20.8 Å². The van der Waals surface area contributed by atoms with Crippen molar-refractivity contribution < 1.29 is 17.6 Å². The summed E-state index contributed by atoms with van der Waals surface area (Å²) < 4.78 is 40.3. The molecule has 1 fully saturated rings. The second-order valence-electron chi connectivity index (χ2n) is 7.13. The molecule has 0 radical (unpaired) electrons. The lowest BCUT2D eigenvalue weighted by atomic mass is 9.96. The molecule has 0 bridgehead atoms. The number of hydrogen-bond acceptors (Lipinski definition) is 3. The summed E-state index contributed by atoms with van der Waals surface area (Å²) >= 11 is 0. The van der Waals surface area contributed by atoms with Crippen molar-refractivity contribution in [2.45, 2.75) is 51.5 Å². The molecule has 2 rings (SSSR count). The van der Waals surface area contributed by atoms with E-state index in [4.69, 9.17) is 0 Å². The molecule has 25 heavy (non-hydrogen) atoms. The average Bonchev–Trinajstić information content (AvgIpc) is 2.57. The van der Waals surface area contributed by atoms with Crippen LogP contribution >= 0.6 is 0 Å². The first kappa shape index (κ1) is 19.8. The fourth-order valence-corrected chi connectivity index (χ4v) is 4.23. The van der Waals surface area contributed by atoms with Crippen LogP contribution in [-0.4, -0.2) is 37.8 Å². The molecular formula is C18H27FN2O3S. The summed E-state index contributed by atoms with van der Waals surface area (Å²) in [5.41, 5.74) is 0.411. The normalized spacial score (nSPS) is 18.3. The van der Waals surface area contributed by atoms with E-state index in [0.717, 1.165) is 6.07 Å². The van der Waals surface area contributed by atoms with E-state index in [1.54, 1.807) is 6.92 Å². The third-order valence-corrected chi connectivity index (χ3v) is 6.87. The molecule has 1 aromatic rings. The van der Waals surface area contributed by atoms with Crippen LogP contribution < -0.4 is 5.32 Å². The second kappa shape index (κ2) is 7.83. The molecule has 0 saturated carbocycles. The van der Waals surface area contributed by atoms with Gasteiger partial charge < -0.3 is 5.32 Å². The molecule has 1 aliphatic rings. The van der Waals surface area contributed by atoms with Gasteiger partial charge in [-0.15, -0.1) is 0 Å². The van der Waals surface area contributed by atoms with E-state index in [1.165, 1.54) is 16.4 Å². The fourth-order valence-electron chi connectivity index (χ4n) is 2.75. The van der Waals surface area contributed by atoms with Gasteiger partial charge in [-0.2, -0.15) is 4.31 Å². The molecule has 0 aromatic heterocycles. The molecule has 1 aromatic carbocycles. The van der Waals surface area contributed by atoms with E-state index >= 15 is 0 Å². The fraction of sp³-hybridized carbons (Fsp3) is 0.611. The number of piperidine rings is 1. The van der Waals surface area contributed by atoms with Gasteiger partial charge in [-0.1, -0.05) is 19.9 Å². The molecular weight excluding hydrogens is 343 g/mol. The molecule has 1 heterocycles. The van der Waals surface area contributed by atoms with Gasteiger partial charge in [0, 0.05) is 25.0 Å². The van der Waals surface area contributed by atoms with Crippen molar-refractivity contribution in [2.75, 3.05) is 13.1 Å². The van der Waals surface area contributed by atoms with Crippen LogP contribution in [0.1, 0.15) is 39.2 Å². The quantitative estimate of drug-likeness (QED) is 0.867. The van der Waals surface area contributed by atoms with Gasteiger partial charge in [0.1, 0.15) is 5.82 Å². The number of amides is 1. The maximum Gasteiger partial charge on any atom is 0.243 e. The smallest absolute Gasteiger partial charge is 0.243 e. The Labute approximate surface area is 149 Å². The molecule has 1 N–H and O–H groups in total. The maximum atomic E-state index is 13.7. The standard InChI is InChI=1S/C18H27FN2O3S/c1-12(2)14(4)20-18(22)15-7-9-21(10-8-15)25(23,24)16-6-5-13(3)17(19)11-16/h5-6,11-12,14-15H,7-10H2,1-4H3,(H,20,22)/t14-/m1/s1. The third kappa shape index (κ3) is 4.58. The Hall–Kier alpha value is -1.47. The van der Waals surface area contributed by atoms with E-state index in [9.17, 15) is 17.6 Å². The van der Waals surface area contributed by atoms with Crippen molar-refractivity contribution in [2.24, 2.45) is 11.8 Å². The summed E-state index contributed by atoms with van der Waals surface area (Å²) in [6.45, 7) is 8.18. The molecule has 0 unspecified atom stereocenters. The van der Waals surface area contributed by atoms with E-state index < -0.39 is 15.8 Å². The summed E-state index contributed by atoms with van der Waals surface area (Å²) in [7, 11) is -3.73. The Bertz CT molecular complexity index is 726. The summed E-state index contributed by atoms with van der Waals surface area (Å²) in [6, 6.07) is 4.05. The minimum Gasteiger partial charge on any atom is -0.353 e. The van der Waals surface area contributed by atoms with Crippen LogP contribution in [0.25, 0.3) is 0 Å². The minimum atomic E-state index is -3.73. The summed E-state index contributed by atoms with van der Waals surface area (Å²) in [5, 5.41) is 2.99. The Morgan fingerprint density at radius 3 is 2.36 bits per heavy atom. The molecule has 1 atom stereocenters. The first-order valence-corrected chi connectivity index (χ1v) is 10.1. The molecule has 1 amide bonds. The molecule has 7 heteroatoms. The van der Waals surface area contributed by atoms with Gasteiger partial charge >= 0.3 is 0 Å². The first-order valence-electron chi connectivity index (χ1n) is 8.69. The number of hydrogen-bond donors (Lipinski definition) is 1. The number of sulfonamides is 1. The number of nitrogens with zero attached hydrogens (tertiary/aromatic N) is 1. The van der Waals surface area contributed by atoms with Crippen molar-refractivity contribution >= 4 is 15.9 Å². The highest BCUT2D eigenvalue weighted by Gasteiger charge is 2.32. The molecule has 0 aliphatic carbocycles. The van der Waals surface area contributed by atoms with Crippen LogP contribution in [0.5, 0.6) is 0 Å². The molecule has 1 saturated heterocycles. The van der Waals surface area contributed by atoms with Gasteiger partial charge in [0.15, 0.2) is 0 Å². The minimum absolute atomic E-state index is 0.0142. The largest absolute Gasteiger partial charge is 0.353 e. The average molecular weight is 370 g/mol. The van der Waals surface area contributed by atoms with E-state index in [-0.39, 0.29) is 35.9 Å². The van der Waals surface area contributed by atoms with Gasteiger partial charge in [0.25, 0.3) is 0 Å². The van der Waals surface area contributed by atoms with Crippen LogP contribution in [0.3, 0.4) is 0 Å². The lowest BCUT2D eigenvalue weighted by molar-refractivity contribution is -0.127. The topological polar surface area (TPSA) is 66.5 Å². The van der Waals surface area contributed by atoms with E-state index in [2.05, 4.69) is 5.32 Å². The zero-order valence-corrected chi connectivity index (χ0v) is 16.1. The Morgan fingerprint density at radius 1 is 1.24 bits per heavy atom. The van der Waals surface area contributed by atoms with Crippen molar-refractivity contribution in [3.8, 4) is 0 Å². The molecule has 1 aliphatic heterocycles. The second-order valence-corrected chi connectivity index (χ2v) is 9.07. The van der Waals surface area contributed by atoms with Crippen LogP contribution in [0.2, 0.25) is 0 Å². The Morgan fingerprint density at radius 2 is 1.84 bits per heavy atom. The highest BCUT2D eigenvalue weighted by molar-refractivity contribution is 7.89. The SMILES string of the molecule is Cc1ccc(S(=O)(=O)N2CCC(C(=O)N[C@H](C)C(C)C)CC2)cc1F. The predicted molar refractivity (Wildman–Crippen MR) is 95.1 cm³/mol. The summed E-state index contributed by atoms with van der Waals surface area (Å²) in [5.74, 6) is -0.374. The zero-order chi connectivity index (χ0) is 18.8. The van der Waals surface area contributed by atoms with Crippen LogP contribution in [0, 0.1) is 24.6 Å². The van der Waals surface area contributed by atoms with Crippen molar-refractivity contribution in [1.29, 1.82) is 0 Å². The van der Waals surface area contributed by atoms with Gasteiger partial charge in [-0.3, -0.25) is 4.79 Å². The van der Waals surface area contributed by atoms with Crippen LogP contribution in [0.15, 0.2) is 23.1 Å². The lowest BCUT2D eigenvalue weighted by Crippen LogP contribution is -2.45. The van der Waals surface area contributed by atoms with Gasteiger partial charge in [0.2, 0.25) is 15.9 Å². The third-order valence-electron chi connectivity index (χ3n) is 4.98. The highest BCUT2D eigenvalue weighted by Crippen LogP contribution is 2.25. The number of rotatable bonds is 5. The van der Waals surface area contributed by atoms with Crippen molar-refractivity contribution in [1.82, 2.24) is 9.62 Å². The lowest BCUT2D eigenvalue weighted by Gasteiger charge is -2.31. The van der Waals surface area contributed by atoms with Crippen LogP contribution in [-0.2, 0) is 14.8 Å². The molecule has 0 spiro atoms. The monoisotopic (exact) mass is 370 g/mol. The number of halogens is 1. The molecule has 140 valence electrons.